The normalized spacial score (nSPS) is 20.6. The van der Waals surface area contributed by atoms with Gasteiger partial charge in [0.1, 0.15) is 0 Å². The van der Waals surface area contributed by atoms with Gasteiger partial charge in [0, 0.05) is 38.0 Å². The molecule has 1 N–H and O–H groups in total. The molecule has 0 radical (unpaired) electrons. The summed E-state index contributed by atoms with van der Waals surface area (Å²) in [5.74, 6) is 0.150. The Morgan fingerprint density at radius 2 is 1.82 bits per heavy atom. The number of nitrogens with one attached hydrogen (secondary N) is 1. The van der Waals surface area contributed by atoms with Crippen LogP contribution in [0.2, 0.25) is 0 Å². The Labute approximate surface area is 167 Å². The van der Waals surface area contributed by atoms with Crippen molar-refractivity contribution in [1.82, 2.24) is 5.32 Å². The van der Waals surface area contributed by atoms with E-state index in [0.717, 1.165) is 37.8 Å². The maximum absolute atomic E-state index is 13.2. The Morgan fingerprint density at radius 3 is 2.61 bits per heavy atom. The van der Waals surface area contributed by atoms with Crippen molar-refractivity contribution in [3.63, 3.8) is 0 Å². The van der Waals surface area contributed by atoms with Crippen LogP contribution in [0.4, 0.5) is 5.69 Å². The molecule has 2 aromatic carbocycles. The lowest BCUT2D eigenvalue weighted by Crippen LogP contribution is -2.48. The summed E-state index contributed by atoms with van der Waals surface area (Å²) < 4.78 is 5.55. The average molecular weight is 379 g/mol. The molecule has 2 heterocycles. The van der Waals surface area contributed by atoms with Crippen LogP contribution in [0.5, 0.6) is 0 Å². The van der Waals surface area contributed by atoms with E-state index in [9.17, 15) is 4.79 Å². The van der Waals surface area contributed by atoms with Crippen molar-refractivity contribution in [2.75, 3.05) is 31.2 Å². The first-order chi connectivity index (χ1) is 13.7. The number of amides is 1. The molecule has 2 aromatic rings. The third-order valence-corrected chi connectivity index (χ3v) is 6.32. The number of para-hydroxylation sites is 1. The van der Waals surface area contributed by atoms with E-state index in [1.807, 2.05) is 18.2 Å². The molecular formula is C24H30N2O2. The van der Waals surface area contributed by atoms with Crippen molar-refractivity contribution in [2.45, 2.75) is 44.1 Å². The first-order valence-electron chi connectivity index (χ1n) is 10.5. The molecule has 0 aliphatic carbocycles. The van der Waals surface area contributed by atoms with Crippen molar-refractivity contribution in [1.29, 1.82) is 0 Å². The number of hydrogen-bond acceptors (Lipinski definition) is 3. The number of hydrogen-bond donors (Lipinski definition) is 1. The molecule has 2 aliphatic rings. The molecule has 2 aliphatic heterocycles. The molecule has 1 atom stereocenters. The third kappa shape index (κ3) is 3.66. The predicted octanol–water partition coefficient (Wildman–Crippen LogP) is 3.69. The predicted molar refractivity (Wildman–Crippen MR) is 113 cm³/mol. The molecule has 4 rings (SSSR count). The first-order valence-corrected chi connectivity index (χ1v) is 10.5. The third-order valence-electron chi connectivity index (χ3n) is 6.32. The van der Waals surface area contributed by atoms with E-state index in [1.54, 1.807) is 0 Å². The highest BCUT2D eigenvalue weighted by Crippen LogP contribution is 2.35. The van der Waals surface area contributed by atoms with E-state index < -0.39 is 5.41 Å². The lowest BCUT2D eigenvalue weighted by atomic mass is 9.73. The van der Waals surface area contributed by atoms with Crippen LogP contribution in [0.1, 0.15) is 37.3 Å². The number of ether oxygens (including phenoxy) is 1. The number of carbonyl (C=O) groups excluding carboxylic acids is 1. The van der Waals surface area contributed by atoms with Crippen LogP contribution < -0.4 is 10.2 Å². The summed E-state index contributed by atoms with van der Waals surface area (Å²) in [5.41, 5.74) is 3.45. The van der Waals surface area contributed by atoms with E-state index in [2.05, 4.69) is 53.5 Å². The fourth-order valence-corrected chi connectivity index (χ4v) is 4.71. The SMILES string of the molecule is C[C@H]1Cc2ccccc2N1CCCNC(=O)C1(c2ccccc2)CCOCC1. The molecule has 28 heavy (non-hydrogen) atoms. The van der Waals surface area contributed by atoms with Gasteiger partial charge in [0.15, 0.2) is 0 Å². The van der Waals surface area contributed by atoms with Gasteiger partial charge >= 0.3 is 0 Å². The van der Waals surface area contributed by atoms with Gasteiger partial charge in [-0.1, -0.05) is 48.5 Å². The monoisotopic (exact) mass is 378 g/mol. The average Bonchev–Trinajstić information content (AvgIpc) is 3.07. The number of fused-ring (bicyclic) bond motifs is 1. The molecule has 4 heteroatoms. The quantitative estimate of drug-likeness (QED) is 0.780. The molecule has 0 spiro atoms. The van der Waals surface area contributed by atoms with E-state index in [0.29, 0.717) is 25.8 Å². The Bertz CT molecular complexity index is 799. The fourth-order valence-electron chi connectivity index (χ4n) is 4.71. The summed E-state index contributed by atoms with van der Waals surface area (Å²) in [4.78, 5) is 15.7. The summed E-state index contributed by atoms with van der Waals surface area (Å²) in [7, 11) is 0. The number of carbonyl (C=O) groups is 1. The second-order valence-electron chi connectivity index (χ2n) is 8.05. The molecule has 1 fully saturated rings. The minimum atomic E-state index is -0.451. The highest BCUT2D eigenvalue weighted by atomic mass is 16.5. The Morgan fingerprint density at radius 1 is 1.11 bits per heavy atom. The highest BCUT2D eigenvalue weighted by Gasteiger charge is 2.41. The fraction of sp³-hybridized carbons (Fsp3) is 0.458. The molecule has 148 valence electrons. The van der Waals surface area contributed by atoms with Crippen LogP contribution in [0, 0.1) is 0 Å². The smallest absolute Gasteiger partial charge is 0.230 e. The second kappa shape index (κ2) is 8.36. The number of nitrogens with zero attached hydrogens (tertiary/aromatic N) is 1. The Hall–Kier alpha value is -2.33. The van der Waals surface area contributed by atoms with Gasteiger partial charge in [0.2, 0.25) is 5.91 Å². The van der Waals surface area contributed by atoms with Gasteiger partial charge in [0.25, 0.3) is 0 Å². The van der Waals surface area contributed by atoms with Gasteiger partial charge < -0.3 is 15.0 Å². The lowest BCUT2D eigenvalue weighted by Gasteiger charge is -2.36. The maximum atomic E-state index is 13.2. The zero-order valence-corrected chi connectivity index (χ0v) is 16.7. The Balaban J connectivity index is 1.36. The molecule has 0 saturated carbocycles. The maximum Gasteiger partial charge on any atom is 0.230 e. The lowest BCUT2D eigenvalue weighted by molar-refractivity contribution is -0.130. The first kappa shape index (κ1) is 19.0. The molecule has 4 nitrogen and oxygen atoms in total. The van der Waals surface area contributed by atoms with Gasteiger partial charge in [0.05, 0.1) is 5.41 Å². The van der Waals surface area contributed by atoms with Crippen molar-refractivity contribution in [3.8, 4) is 0 Å². The van der Waals surface area contributed by atoms with Crippen molar-refractivity contribution >= 4 is 11.6 Å². The second-order valence-corrected chi connectivity index (χ2v) is 8.05. The van der Waals surface area contributed by atoms with Crippen molar-refractivity contribution in [3.05, 3.63) is 65.7 Å². The molecule has 1 saturated heterocycles. The minimum absolute atomic E-state index is 0.150. The molecule has 0 aromatic heterocycles. The topological polar surface area (TPSA) is 41.6 Å². The summed E-state index contributed by atoms with van der Waals surface area (Å²) in [5, 5.41) is 3.23. The van der Waals surface area contributed by atoms with Crippen molar-refractivity contribution < 1.29 is 9.53 Å². The molecule has 0 unspecified atom stereocenters. The summed E-state index contributed by atoms with van der Waals surface area (Å²) >= 11 is 0. The largest absolute Gasteiger partial charge is 0.381 e. The molecular weight excluding hydrogens is 348 g/mol. The van der Waals surface area contributed by atoms with Crippen LogP contribution in [0.15, 0.2) is 54.6 Å². The van der Waals surface area contributed by atoms with E-state index >= 15 is 0 Å². The highest BCUT2D eigenvalue weighted by molar-refractivity contribution is 5.88. The minimum Gasteiger partial charge on any atom is -0.381 e. The van der Waals surface area contributed by atoms with Gasteiger partial charge in [-0.25, -0.2) is 0 Å². The van der Waals surface area contributed by atoms with Crippen LogP contribution in [0.25, 0.3) is 0 Å². The zero-order chi connectivity index (χ0) is 19.4. The summed E-state index contributed by atoms with van der Waals surface area (Å²) in [6.07, 6.45) is 3.56. The van der Waals surface area contributed by atoms with Gasteiger partial charge in [-0.2, -0.15) is 0 Å². The number of rotatable bonds is 6. The van der Waals surface area contributed by atoms with E-state index in [-0.39, 0.29) is 5.91 Å². The number of anilines is 1. The van der Waals surface area contributed by atoms with E-state index in [4.69, 9.17) is 4.74 Å². The Kier molecular flexibility index (Phi) is 5.67. The molecule has 1 amide bonds. The van der Waals surface area contributed by atoms with Gasteiger partial charge in [-0.05, 0) is 49.8 Å². The van der Waals surface area contributed by atoms with E-state index in [1.165, 1.54) is 11.3 Å². The standard InChI is InChI=1S/C24H30N2O2/c1-19-18-20-8-5-6-11-22(20)26(19)15-7-14-25-23(27)24(12-16-28-17-13-24)21-9-3-2-4-10-21/h2-6,8-11,19H,7,12-18H2,1H3,(H,25,27)/t19-/m0/s1. The van der Waals surface area contributed by atoms with Crippen LogP contribution in [-0.2, 0) is 21.4 Å². The summed E-state index contributed by atoms with van der Waals surface area (Å²) in [6, 6.07) is 19.4. The van der Waals surface area contributed by atoms with Gasteiger partial charge in [-0.15, -0.1) is 0 Å². The van der Waals surface area contributed by atoms with Crippen molar-refractivity contribution in [2.24, 2.45) is 0 Å². The van der Waals surface area contributed by atoms with Crippen LogP contribution in [0.3, 0.4) is 0 Å². The molecule has 0 bridgehead atoms. The summed E-state index contributed by atoms with van der Waals surface area (Å²) in [6.45, 7) is 5.25. The van der Waals surface area contributed by atoms with Crippen LogP contribution in [-0.4, -0.2) is 38.3 Å². The van der Waals surface area contributed by atoms with Crippen LogP contribution >= 0.6 is 0 Å². The zero-order valence-electron chi connectivity index (χ0n) is 16.7. The number of benzene rings is 2. The van der Waals surface area contributed by atoms with Gasteiger partial charge in [-0.3, -0.25) is 4.79 Å².